The molecule has 0 radical (unpaired) electrons. The van der Waals surface area contributed by atoms with Crippen molar-refractivity contribution in [3.8, 4) is 11.3 Å². The highest BCUT2D eigenvalue weighted by Gasteiger charge is 2.30. The second-order valence-electron chi connectivity index (χ2n) is 7.26. The molecule has 0 bridgehead atoms. The van der Waals surface area contributed by atoms with Crippen LogP contribution in [-0.4, -0.2) is 60.3 Å². The molecule has 2 heterocycles. The van der Waals surface area contributed by atoms with E-state index in [4.69, 9.17) is 0 Å². The molecule has 28 heavy (non-hydrogen) atoms. The maximum Gasteiger partial charge on any atom is 0.336 e. The summed E-state index contributed by atoms with van der Waals surface area (Å²) in [5.41, 5.74) is 2.44. The third-order valence-corrected chi connectivity index (χ3v) is 6.96. The van der Waals surface area contributed by atoms with E-state index in [0.29, 0.717) is 24.3 Å². The predicted molar refractivity (Wildman–Crippen MR) is 107 cm³/mol. The van der Waals surface area contributed by atoms with Crippen LogP contribution in [-0.2, 0) is 16.6 Å². The van der Waals surface area contributed by atoms with Crippen LogP contribution in [0.4, 0.5) is 0 Å². The summed E-state index contributed by atoms with van der Waals surface area (Å²) < 4.78 is 27.5. The Balaban J connectivity index is 1.72. The number of pyridine rings is 1. The number of carboxylic acids is 1. The maximum absolute atomic E-state index is 12.4. The molecular weight excluding hydrogens is 378 g/mol. The highest BCUT2D eigenvalue weighted by molar-refractivity contribution is 7.86. The first kappa shape index (κ1) is 20.4. The zero-order chi connectivity index (χ0) is 20.3. The van der Waals surface area contributed by atoms with Gasteiger partial charge in [-0.1, -0.05) is 24.3 Å². The predicted octanol–water partition coefficient (Wildman–Crippen LogP) is 2.51. The fraction of sp³-hybridized carbons (Fsp3) is 0.400. The lowest BCUT2D eigenvalue weighted by Gasteiger charge is -2.33. The number of carboxylic acid groups (broad SMARTS) is 1. The standard InChI is InChI=1S/C20H25N3O4S/c1-22(2)28(26,27)23-11-5-6-16(14-23)12-15-9-10-19(21-13-15)17-7-3-4-8-18(17)20(24)25/h3-4,7-10,13,16H,5-6,11-12,14H2,1-2H3,(H,24,25). The topological polar surface area (TPSA) is 90.8 Å². The molecular formula is C20H25N3O4S. The minimum Gasteiger partial charge on any atom is -0.478 e. The van der Waals surface area contributed by atoms with Gasteiger partial charge in [-0.2, -0.15) is 17.0 Å². The van der Waals surface area contributed by atoms with E-state index in [1.807, 2.05) is 12.1 Å². The molecule has 1 N–H and O–H groups in total. The summed E-state index contributed by atoms with van der Waals surface area (Å²) >= 11 is 0. The number of benzene rings is 1. The molecule has 150 valence electrons. The van der Waals surface area contributed by atoms with Crippen molar-refractivity contribution >= 4 is 16.2 Å². The van der Waals surface area contributed by atoms with Gasteiger partial charge in [0.1, 0.15) is 0 Å². The van der Waals surface area contributed by atoms with E-state index in [-0.39, 0.29) is 11.5 Å². The zero-order valence-corrected chi connectivity index (χ0v) is 16.9. The Morgan fingerprint density at radius 1 is 1.25 bits per heavy atom. The van der Waals surface area contributed by atoms with E-state index in [2.05, 4.69) is 4.98 Å². The summed E-state index contributed by atoms with van der Waals surface area (Å²) in [4.78, 5) is 15.8. The van der Waals surface area contributed by atoms with Crippen LogP contribution in [0, 0.1) is 5.92 Å². The van der Waals surface area contributed by atoms with E-state index in [1.165, 1.54) is 4.31 Å². The van der Waals surface area contributed by atoms with Crippen LogP contribution in [0.1, 0.15) is 28.8 Å². The van der Waals surface area contributed by atoms with Crippen molar-refractivity contribution in [2.24, 2.45) is 5.92 Å². The van der Waals surface area contributed by atoms with Crippen molar-refractivity contribution < 1.29 is 18.3 Å². The lowest BCUT2D eigenvalue weighted by Crippen LogP contribution is -2.45. The number of hydrogen-bond acceptors (Lipinski definition) is 4. The van der Waals surface area contributed by atoms with Gasteiger partial charge < -0.3 is 5.11 Å². The van der Waals surface area contributed by atoms with Crippen LogP contribution in [0.5, 0.6) is 0 Å². The third-order valence-electron chi connectivity index (χ3n) is 5.05. The monoisotopic (exact) mass is 403 g/mol. The molecule has 1 aliphatic heterocycles. The van der Waals surface area contributed by atoms with Crippen LogP contribution in [0.25, 0.3) is 11.3 Å². The van der Waals surface area contributed by atoms with Crippen molar-refractivity contribution in [1.29, 1.82) is 0 Å². The highest BCUT2D eigenvalue weighted by atomic mass is 32.2. The molecule has 0 saturated carbocycles. The van der Waals surface area contributed by atoms with Crippen LogP contribution in [0.15, 0.2) is 42.6 Å². The SMILES string of the molecule is CN(C)S(=O)(=O)N1CCCC(Cc2ccc(-c3ccccc3C(=O)O)nc2)C1. The minimum atomic E-state index is -3.39. The Labute approximate surface area is 165 Å². The molecule has 0 spiro atoms. The number of aromatic carboxylic acids is 1. The van der Waals surface area contributed by atoms with Gasteiger partial charge in [-0.05, 0) is 42.9 Å². The normalized spacial score (nSPS) is 18.3. The molecule has 1 fully saturated rings. The van der Waals surface area contributed by atoms with Crippen molar-refractivity contribution in [2.75, 3.05) is 27.2 Å². The molecule has 7 nitrogen and oxygen atoms in total. The van der Waals surface area contributed by atoms with Gasteiger partial charge in [0.25, 0.3) is 10.2 Å². The van der Waals surface area contributed by atoms with E-state index in [1.54, 1.807) is 48.9 Å². The fourth-order valence-corrected chi connectivity index (χ4v) is 4.79. The molecule has 1 aromatic heterocycles. The molecule has 8 heteroatoms. The molecule has 0 aliphatic carbocycles. The Morgan fingerprint density at radius 2 is 2.00 bits per heavy atom. The third kappa shape index (κ3) is 4.40. The molecule has 2 aromatic rings. The van der Waals surface area contributed by atoms with Crippen LogP contribution in [0.3, 0.4) is 0 Å². The molecule has 1 aromatic carbocycles. The van der Waals surface area contributed by atoms with E-state index in [0.717, 1.165) is 24.8 Å². The number of rotatable bonds is 6. The molecule has 3 rings (SSSR count). The Morgan fingerprint density at radius 3 is 2.64 bits per heavy atom. The van der Waals surface area contributed by atoms with Crippen LogP contribution >= 0.6 is 0 Å². The number of hydrogen-bond donors (Lipinski definition) is 1. The van der Waals surface area contributed by atoms with Crippen molar-refractivity contribution in [2.45, 2.75) is 19.3 Å². The van der Waals surface area contributed by atoms with Gasteiger partial charge in [-0.25, -0.2) is 4.79 Å². The van der Waals surface area contributed by atoms with Gasteiger partial charge in [-0.3, -0.25) is 4.98 Å². The Hall–Kier alpha value is -2.29. The van der Waals surface area contributed by atoms with Crippen molar-refractivity contribution in [3.05, 3.63) is 53.7 Å². The van der Waals surface area contributed by atoms with Crippen LogP contribution < -0.4 is 0 Å². The van der Waals surface area contributed by atoms with Crippen molar-refractivity contribution in [1.82, 2.24) is 13.6 Å². The van der Waals surface area contributed by atoms with Gasteiger partial charge in [0.15, 0.2) is 0 Å². The first-order chi connectivity index (χ1) is 13.3. The van der Waals surface area contributed by atoms with E-state index in [9.17, 15) is 18.3 Å². The Bertz CT molecular complexity index is 942. The van der Waals surface area contributed by atoms with Gasteiger partial charge in [-0.15, -0.1) is 0 Å². The van der Waals surface area contributed by atoms with Gasteiger partial charge >= 0.3 is 5.97 Å². The number of nitrogens with zero attached hydrogens (tertiary/aromatic N) is 3. The van der Waals surface area contributed by atoms with Gasteiger partial charge in [0.05, 0.1) is 11.3 Å². The molecule has 1 unspecified atom stereocenters. The van der Waals surface area contributed by atoms with Gasteiger partial charge in [0.2, 0.25) is 0 Å². The highest BCUT2D eigenvalue weighted by Crippen LogP contribution is 2.25. The Kier molecular flexibility index (Phi) is 6.12. The molecule has 0 amide bonds. The summed E-state index contributed by atoms with van der Waals surface area (Å²) in [6, 6.07) is 10.6. The first-order valence-corrected chi connectivity index (χ1v) is 10.6. The fourth-order valence-electron chi connectivity index (χ4n) is 3.56. The van der Waals surface area contributed by atoms with E-state index < -0.39 is 16.2 Å². The first-order valence-electron chi connectivity index (χ1n) is 9.24. The quantitative estimate of drug-likeness (QED) is 0.800. The number of piperidine rings is 1. The second-order valence-corrected chi connectivity index (χ2v) is 9.41. The number of aromatic nitrogens is 1. The van der Waals surface area contributed by atoms with E-state index >= 15 is 0 Å². The van der Waals surface area contributed by atoms with Gasteiger partial charge in [0, 0.05) is 38.9 Å². The second kappa shape index (κ2) is 8.38. The molecule has 1 atom stereocenters. The smallest absolute Gasteiger partial charge is 0.336 e. The summed E-state index contributed by atoms with van der Waals surface area (Å²) in [7, 11) is -0.281. The summed E-state index contributed by atoms with van der Waals surface area (Å²) in [6.07, 6.45) is 4.32. The molecule has 1 saturated heterocycles. The van der Waals surface area contributed by atoms with Crippen LogP contribution in [0.2, 0.25) is 0 Å². The molecule has 1 aliphatic rings. The summed E-state index contributed by atoms with van der Waals surface area (Å²) in [5, 5.41) is 9.34. The largest absolute Gasteiger partial charge is 0.478 e. The lowest BCUT2D eigenvalue weighted by atomic mass is 9.92. The average molecular weight is 404 g/mol. The summed E-state index contributed by atoms with van der Waals surface area (Å²) in [5.74, 6) is -0.742. The lowest BCUT2D eigenvalue weighted by molar-refractivity contribution is 0.0697. The zero-order valence-electron chi connectivity index (χ0n) is 16.1. The summed E-state index contributed by atoms with van der Waals surface area (Å²) in [6.45, 7) is 1.06. The van der Waals surface area contributed by atoms with Crippen molar-refractivity contribution in [3.63, 3.8) is 0 Å². The average Bonchev–Trinajstić information content (AvgIpc) is 2.68. The number of carbonyl (C=O) groups is 1. The maximum atomic E-state index is 12.4. The minimum absolute atomic E-state index is 0.222.